The van der Waals surface area contributed by atoms with Crippen LogP contribution in [0.3, 0.4) is 0 Å². The normalized spacial score (nSPS) is 17.7. The van der Waals surface area contributed by atoms with E-state index in [1.54, 1.807) is 12.1 Å². The Morgan fingerprint density at radius 2 is 2.20 bits per heavy atom. The first-order valence-corrected chi connectivity index (χ1v) is 7.65. The van der Waals surface area contributed by atoms with Gasteiger partial charge in [-0.1, -0.05) is 18.2 Å². The molecule has 1 aliphatic carbocycles. The van der Waals surface area contributed by atoms with Gasteiger partial charge in [0, 0.05) is 29.1 Å². The van der Waals surface area contributed by atoms with Gasteiger partial charge in [0.1, 0.15) is 0 Å². The Morgan fingerprint density at radius 1 is 1.35 bits per heavy atom. The van der Waals surface area contributed by atoms with E-state index in [-0.39, 0.29) is 10.6 Å². The zero-order valence-corrected chi connectivity index (χ0v) is 11.9. The molecule has 1 aliphatic rings. The molecule has 3 rings (SSSR count). The largest absolute Gasteiger partial charge is 0.306 e. The van der Waals surface area contributed by atoms with Gasteiger partial charge in [-0.15, -0.1) is 11.3 Å². The Labute approximate surface area is 121 Å². The van der Waals surface area contributed by atoms with Crippen molar-refractivity contribution in [2.24, 2.45) is 0 Å². The third-order valence-corrected chi connectivity index (χ3v) is 4.78. The molecule has 0 radical (unpaired) electrons. The number of hydrogen-bond donors (Lipinski definition) is 1. The van der Waals surface area contributed by atoms with Gasteiger partial charge in [-0.3, -0.25) is 10.1 Å². The van der Waals surface area contributed by atoms with Gasteiger partial charge in [-0.2, -0.15) is 0 Å². The van der Waals surface area contributed by atoms with Gasteiger partial charge in [0.25, 0.3) is 5.69 Å². The van der Waals surface area contributed by atoms with Crippen LogP contribution in [0.1, 0.15) is 34.9 Å². The lowest BCUT2D eigenvalue weighted by Crippen LogP contribution is -2.24. The van der Waals surface area contributed by atoms with Crippen LogP contribution in [-0.2, 0) is 13.0 Å². The Kier molecular flexibility index (Phi) is 3.80. The van der Waals surface area contributed by atoms with Crippen LogP contribution in [0.25, 0.3) is 0 Å². The maximum absolute atomic E-state index is 11.0. The second-order valence-corrected chi connectivity index (χ2v) is 6.01. The van der Waals surface area contributed by atoms with Crippen LogP contribution in [0.2, 0.25) is 0 Å². The number of thiophene rings is 1. The molecule has 1 aromatic heterocycles. The average molecular weight is 288 g/mol. The number of nitro groups is 1. The fraction of sp³-hybridized carbons (Fsp3) is 0.333. The third kappa shape index (κ3) is 2.59. The standard InChI is InChI=1S/C15H16N2O2S/c18-17(19)14-6-2-1-4-11(14)10-16-13-5-3-7-15-12(13)8-9-20-15/h1-2,4,6,8-9,13,16H,3,5,7,10H2. The Balaban J connectivity index is 1.74. The Morgan fingerprint density at radius 3 is 3.05 bits per heavy atom. The molecule has 104 valence electrons. The Hall–Kier alpha value is -1.72. The first kappa shape index (κ1) is 13.3. The van der Waals surface area contributed by atoms with Gasteiger partial charge >= 0.3 is 0 Å². The number of nitro benzene ring substituents is 1. The van der Waals surface area contributed by atoms with Gasteiger partial charge in [0.05, 0.1) is 4.92 Å². The summed E-state index contributed by atoms with van der Waals surface area (Å²) in [5.74, 6) is 0. The molecule has 2 aromatic rings. The highest BCUT2D eigenvalue weighted by molar-refractivity contribution is 7.10. The molecule has 0 saturated carbocycles. The summed E-state index contributed by atoms with van der Waals surface area (Å²) in [5, 5.41) is 16.6. The molecule has 5 heteroatoms. The van der Waals surface area contributed by atoms with E-state index in [1.807, 2.05) is 23.5 Å². The first-order valence-electron chi connectivity index (χ1n) is 6.77. The summed E-state index contributed by atoms with van der Waals surface area (Å²) >= 11 is 1.81. The fourth-order valence-corrected chi connectivity index (χ4v) is 3.76. The molecule has 0 spiro atoms. The topological polar surface area (TPSA) is 55.2 Å². The summed E-state index contributed by atoms with van der Waals surface area (Å²) in [6.07, 6.45) is 3.45. The van der Waals surface area contributed by atoms with E-state index in [0.717, 1.165) is 18.4 Å². The van der Waals surface area contributed by atoms with Crippen molar-refractivity contribution >= 4 is 17.0 Å². The van der Waals surface area contributed by atoms with E-state index in [4.69, 9.17) is 0 Å². The number of benzene rings is 1. The molecule has 1 aromatic carbocycles. The van der Waals surface area contributed by atoms with Crippen molar-refractivity contribution < 1.29 is 4.92 Å². The van der Waals surface area contributed by atoms with E-state index < -0.39 is 0 Å². The molecular weight excluding hydrogens is 272 g/mol. The van der Waals surface area contributed by atoms with Crippen LogP contribution < -0.4 is 5.32 Å². The lowest BCUT2D eigenvalue weighted by molar-refractivity contribution is -0.385. The predicted octanol–water partition coefficient (Wildman–Crippen LogP) is 3.82. The zero-order chi connectivity index (χ0) is 13.9. The molecule has 20 heavy (non-hydrogen) atoms. The van der Waals surface area contributed by atoms with Gasteiger partial charge in [-0.05, 0) is 36.3 Å². The van der Waals surface area contributed by atoms with Crippen LogP contribution in [0.4, 0.5) is 5.69 Å². The summed E-state index contributed by atoms with van der Waals surface area (Å²) in [6.45, 7) is 0.539. The highest BCUT2D eigenvalue weighted by Crippen LogP contribution is 2.33. The molecule has 1 N–H and O–H groups in total. The molecule has 0 bridgehead atoms. The van der Waals surface area contributed by atoms with Crippen molar-refractivity contribution in [3.8, 4) is 0 Å². The summed E-state index contributed by atoms with van der Waals surface area (Å²) in [5.41, 5.74) is 2.32. The number of nitrogens with one attached hydrogen (secondary N) is 1. The molecule has 4 nitrogen and oxygen atoms in total. The Bertz CT molecular complexity index is 624. The number of aryl methyl sites for hydroxylation is 1. The van der Waals surface area contributed by atoms with Crippen LogP contribution in [0.15, 0.2) is 35.7 Å². The van der Waals surface area contributed by atoms with Crippen LogP contribution in [0.5, 0.6) is 0 Å². The predicted molar refractivity (Wildman–Crippen MR) is 79.9 cm³/mol. The molecule has 0 fully saturated rings. The van der Waals surface area contributed by atoms with Gasteiger partial charge in [-0.25, -0.2) is 0 Å². The minimum absolute atomic E-state index is 0.196. The highest BCUT2D eigenvalue weighted by Gasteiger charge is 2.21. The van der Waals surface area contributed by atoms with Crippen molar-refractivity contribution in [1.29, 1.82) is 0 Å². The number of nitrogens with zero attached hydrogens (tertiary/aromatic N) is 1. The smallest absolute Gasteiger partial charge is 0.273 e. The monoisotopic (exact) mass is 288 g/mol. The number of rotatable bonds is 4. The van der Waals surface area contributed by atoms with E-state index in [0.29, 0.717) is 12.6 Å². The molecule has 0 aliphatic heterocycles. The summed E-state index contributed by atoms with van der Waals surface area (Å²) in [7, 11) is 0. The molecule has 1 unspecified atom stereocenters. The number of fused-ring (bicyclic) bond motifs is 1. The van der Waals surface area contributed by atoms with E-state index in [2.05, 4.69) is 16.8 Å². The fourth-order valence-electron chi connectivity index (χ4n) is 2.77. The van der Waals surface area contributed by atoms with E-state index in [1.165, 1.54) is 16.9 Å². The highest BCUT2D eigenvalue weighted by atomic mass is 32.1. The van der Waals surface area contributed by atoms with Gasteiger partial charge in [0.15, 0.2) is 0 Å². The van der Waals surface area contributed by atoms with E-state index in [9.17, 15) is 10.1 Å². The maximum atomic E-state index is 11.0. The third-order valence-electron chi connectivity index (χ3n) is 3.78. The molecule has 1 atom stereocenters. The number of para-hydroxylation sites is 1. The molecule has 0 amide bonds. The summed E-state index contributed by atoms with van der Waals surface area (Å²) in [6, 6.07) is 9.44. The van der Waals surface area contributed by atoms with Crippen molar-refractivity contribution in [3.05, 3.63) is 61.8 Å². The second-order valence-electron chi connectivity index (χ2n) is 5.01. The maximum Gasteiger partial charge on any atom is 0.273 e. The summed E-state index contributed by atoms with van der Waals surface area (Å²) in [4.78, 5) is 12.2. The minimum atomic E-state index is -0.312. The van der Waals surface area contributed by atoms with Crippen LogP contribution in [-0.4, -0.2) is 4.92 Å². The summed E-state index contributed by atoms with van der Waals surface area (Å²) < 4.78 is 0. The van der Waals surface area contributed by atoms with Crippen molar-refractivity contribution in [1.82, 2.24) is 5.32 Å². The average Bonchev–Trinajstić information content (AvgIpc) is 2.94. The lowest BCUT2D eigenvalue weighted by atomic mass is 9.94. The second kappa shape index (κ2) is 5.73. The van der Waals surface area contributed by atoms with Crippen molar-refractivity contribution in [2.75, 3.05) is 0 Å². The lowest BCUT2D eigenvalue weighted by Gasteiger charge is -2.23. The first-order chi connectivity index (χ1) is 9.75. The van der Waals surface area contributed by atoms with Crippen molar-refractivity contribution in [2.45, 2.75) is 31.8 Å². The van der Waals surface area contributed by atoms with Gasteiger partial charge in [0.2, 0.25) is 0 Å². The van der Waals surface area contributed by atoms with Crippen LogP contribution in [0, 0.1) is 10.1 Å². The number of hydrogen-bond acceptors (Lipinski definition) is 4. The van der Waals surface area contributed by atoms with Crippen LogP contribution >= 0.6 is 11.3 Å². The molecule has 0 saturated heterocycles. The molecule has 1 heterocycles. The quantitative estimate of drug-likeness (QED) is 0.687. The zero-order valence-electron chi connectivity index (χ0n) is 11.0. The van der Waals surface area contributed by atoms with Crippen molar-refractivity contribution in [3.63, 3.8) is 0 Å². The van der Waals surface area contributed by atoms with Gasteiger partial charge < -0.3 is 5.32 Å². The minimum Gasteiger partial charge on any atom is -0.306 e. The van der Waals surface area contributed by atoms with E-state index >= 15 is 0 Å². The SMILES string of the molecule is O=[N+]([O-])c1ccccc1CNC1CCCc2sccc21. The molecular formula is C15H16N2O2S.